The lowest BCUT2D eigenvalue weighted by Gasteiger charge is -2.22. The molecule has 2 rings (SSSR count). The molecule has 1 aromatic rings. The molecule has 1 radical (unpaired) electrons. The summed E-state index contributed by atoms with van der Waals surface area (Å²) in [5.41, 5.74) is 2.60. The molecule has 3 nitrogen and oxygen atoms in total. The van der Waals surface area contributed by atoms with E-state index in [1.807, 2.05) is 12.1 Å². The van der Waals surface area contributed by atoms with Crippen LogP contribution in [0, 0.1) is 6.07 Å². The predicted octanol–water partition coefficient (Wildman–Crippen LogP) is 3.84. The van der Waals surface area contributed by atoms with Crippen LogP contribution in [0.5, 0.6) is 0 Å². The van der Waals surface area contributed by atoms with Crippen LogP contribution in [0.1, 0.15) is 51.2 Å². The van der Waals surface area contributed by atoms with Gasteiger partial charge >= 0.3 is 0 Å². The third-order valence-corrected chi connectivity index (χ3v) is 3.65. The van der Waals surface area contributed by atoms with E-state index in [0.717, 1.165) is 25.0 Å². The fraction of sp³-hybridized carbons (Fsp3) is 0.667. The highest BCUT2D eigenvalue weighted by molar-refractivity contribution is 5.27. The lowest BCUT2D eigenvalue weighted by molar-refractivity contribution is -0.169. The summed E-state index contributed by atoms with van der Waals surface area (Å²) in [6, 6.07) is 9.43. The van der Waals surface area contributed by atoms with Crippen molar-refractivity contribution in [1.82, 2.24) is 0 Å². The van der Waals surface area contributed by atoms with Gasteiger partial charge in [0.2, 0.25) is 0 Å². The van der Waals surface area contributed by atoms with Gasteiger partial charge in [0.25, 0.3) is 0 Å². The number of benzene rings is 1. The Morgan fingerprint density at radius 2 is 2.10 bits per heavy atom. The number of rotatable bonds is 6. The van der Waals surface area contributed by atoms with Gasteiger partial charge in [0.1, 0.15) is 0 Å². The zero-order valence-corrected chi connectivity index (χ0v) is 13.5. The Morgan fingerprint density at radius 1 is 1.24 bits per heavy atom. The second-order valence-corrected chi connectivity index (χ2v) is 6.60. The number of ether oxygens (including phenoxy) is 3. The minimum absolute atomic E-state index is 0.0279. The molecular weight excluding hydrogens is 264 g/mol. The van der Waals surface area contributed by atoms with Crippen LogP contribution in [-0.4, -0.2) is 26.1 Å². The molecule has 1 aliphatic rings. The molecule has 1 atom stereocenters. The Balaban J connectivity index is 1.66. The van der Waals surface area contributed by atoms with Crippen molar-refractivity contribution in [1.29, 1.82) is 0 Å². The van der Waals surface area contributed by atoms with Crippen molar-refractivity contribution >= 4 is 0 Å². The first kappa shape index (κ1) is 16.5. The molecule has 0 spiro atoms. The molecule has 0 saturated carbocycles. The summed E-state index contributed by atoms with van der Waals surface area (Å²) in [6.45, 7) is 9.24. The number of hydrogen-bond donors (Lipinski definition) is 0. The molecule has 1 heterocycles. The highest BCUT2D eigenvalue weighted by Crippen LogP contribution is 2.22. The Hall–Kier alpha value is -0.900. The van der Waals surface area contributed by atoms with Gasteiger partial charge in [-0.2, -0.15) is 0 Å². The van der Waals surface area contributed by atoms with Gasteiger partial charge in [-0.15, -0.1) is 0 Å². The van der Waals surface area contributed by atoms with E-state index >= 15 is 0 Å². The van der Waals surface area contributed by atoms with Gasteiger partial charge in [-0.25, -0.2) is 0 Å². The molecule has 21 heavy (non-hydrogen) atoms. The lowest BCUT2D eigenvalue weighted by Crippen LogP contribution is -2.23. The first-order valence-corrected chi connectivity index (χ1v) is 7.87. The average Bonchev–Trinajstić information content (AvgIpc) is 2.47. The van der Waals surface area contributed by atoms with Gasteiger partial charge in [0.15, 0.2) is 6.29 Å². The molecule has 0 aliphatic carbocycles. The Morgan fingerprint density at radius 3 is 2.81 bits per heavy atom. The average molecular weight is 291 g/mol. The van der Waals surface area contributed by atoms with E-state index in [2.05, 4.69) is 32.9 Å². The quantitative estimate of drug-likeness (QED) is 0.745. The van der Waals surface area contributed by atoms with Crippen LogP contribution < -0.4 is 0 Å². The first-order valence-electron chi connectivity index (χ1n) is 7.87. The maximum Gasteiger partial charge on any atom is 0.157 e. The van der Waals surface area contributed by atoms with Crippen LogP contribution in [0.4, 0.5) is 0 Å². The van der Waals surface area contributed by atoms with Crippen molar-refractivity contribution in [3.8, 4) is 0 Å². The SMILES string of the molecule is CC(C)(C)c1c[c]cc(COCCOC2CCCCO2)c1. The minimum atomic E-state index is -0.0279. The molecule has 0 amide bonds. The first-order chi connectivity index (χ1) is 10.1. The topological polar surface area (TPSA) is 27.7 Å². The Kier molecular flexibility index (Phi) is 6.22. The standard InChI is InChI=1S/C18H27O3/c1-18(2,3)16-8-6-7-15(13-16)14-19-11-12-21-17-9-4-5-10-20-17/h7-8,13,17H,4-5,9-12,14H2,1-3H3. The molecular formula is C18H27O3. The van der Waals surface area contributed by atoms with Crippen molar-refractivity contribution in [3.63, 3.8) is 0 Å². The predicted molar refractivity (Wildman–Crippen MR) is 83.2 cm³/mol. The van der Waals surface area contributed by atoms with Crippen molar-refractivity contribution in [2.45, 2.75) is 58.3 Å². The second-order valence-electron chi connectivity index (χ2n) is 6.60. The van der Waals surface area contributed by atoms with Crippen molar-refractivity contribution < 1.29 is 14.2 Å². The van der Waals surface area contributed by atoms with Crippen LogP contribution in [0.15, 0.2) is 18.2 Å². The zero-order chi connectivity index (χ0) is 15.1. The molecule has 1 fully saturated rings. The van der Waals surface area contributed by atoms with Gasteiger partial charge in [-0.3, -0.25) is 0 Å². The van der Waals surface area contributed by atoms with Crippen LogP contribution in [0.3, 0.4) is 0 Å². The number of hydrogen-bond acceptors (Lipinski definition) is 3. The van der Waals surface area contributed by atoms with Crippen LogP contribution >= 0.6 is 0 Å². The van der Waals surface area contributed by atoms with Gasteiger partial charge in [0, 0.05) is 6.61 Å². The van der Waals surface area contributed by atoms with Gasteiger partial charge in [-0.05, 0) is 47.9 Å². The fourth-order valence-corrected chi connectivity index (χ4v) is 2.31. The molecule has 117 valence electrons. The summed E-state index contributed by atoms with van der Waals surface area (Å²) in [5.74, 6) is 0. The molecule has 1 aromatic carbocycles. The smallest absolute Gasteiger partial charge is 0.157 e. The van der Waals surface area contributed by atoms with E-state index in [9.17, 15) is 0 Å². The summed E-state index contributed by atoms with van der Waals surface area (Å²) in [7, 11) is 0. The summed E-state index contributed by atoms with van der Waals surface area (Å²) < 4.78 is 16.8. The second kappa shape index (κ2) is 7.92. The van der Waals surface area contributed by atoms with Gasteiger partial charge in [-0.1, -0.05) is 32.9 Å². The molecule has 1 saturated heterocycles. The Labute approximate surface area is 128 Å². The maximum absolute atomic E-state index is 5.68. The zero-order valence-electron chi connectivity index (χ0n) is 13.5. The molecule has 0 N–H and O–H groups in total. The van der Waals surface area contributed by atoms with Crippen LogP contribution in [0.25, 0.3) is 0 Å². The monoisotopic (exact) mass is 291 g/mol. The van der Waals surface area contributed by atoms with E-state index in [4.69, 9.17) is 14.2 Å². The van der Waals surface area contributed by atoms with E-state index in [0.29, 0.717) is 19.8 Å². The minimum Gasteiger partial charge on any atom is -0.374 e. The van der Waals surface area contributed by atoms with E-state index in [1.54, 1.807) is 0 Å². The van der Waals surface area contributed by atoms with Gasteiger partial charge in [0.05, 0.1) is 19.8 Å². The maximum atomic E-state index is 5.68. The normalized spacial score (nSPS) is 19.7. The Bertz CT molecular complexity index is 417. The van der Waals surface area contributed by atoms with E-state index < -0.39 is 0 Å². The summed E-state index contributed by atoms with van der Waals surface area (Å²) in [6.07, 6.45) is 3.32. The van der Waals surface area contributed by atoms with Crippen molar-refractivity contribution in [2.24, 2.45) is 0 Å². The molecule has 3 heteroatoms. The van der Waals surface area contributed by atoms with Crippen LogP contribution in [0.2, 0.25) is 0 Å². The fourth-order valence-electron chi connectivity index (χ4n) is 2.31. The molecule has 0 aromatic heterocycles. The molecule has 0 bridgehead atoms. The van der Waals surface area contributed by atoms with Gasteiger partial charge < -0.3 is 14.2 Å². The highest BCUT2D eigenvalue weighted by Gasteiger charge is 2.14. The lowest BCUT2D eigenvalue weighted by atomic mass is 9.86. The summed E-state index contributed by atoms with van der Waals surface area (Å²) >= 11 is 0. The van der Waals surface area contributed by atoms with Crippen molar-refractivity contribution in [3.05, 3.63) is 35.4 Å². The van der Waals surface area contributed by atoms with E-state index in [1.165, 1.54) is 12.0 Å². The highest BCUT2D eigenvalue weighted by atomic mass is 16.7. The largest absolute Gasteiger partial charge is 0.374 e. The summed E-state index contributed by atoms with van der Waals surface area (Å²) in [5, 5.41) is 0. The summed E-state index contributed by atoms with van der Waals surface area (Å²) in [4.78, 5) is 0. The van der Waals surface area contributed by atoms with Crippen LogP contribution in [-0.2, 0) is 26.2 Å². The molecule has 1 aliphatic heterocycles. The third kappa shape index (κ3) is 5.77. The van der Waals surface area contributed by atoms with Crippen molar-refractivity contribution in [2.75, 3.05) is 19.8 Å². The third-order valence-electron chi connectivity index (χ3n) is 3.65. The van der Waals surface area contributed by atoms with E-state index in [-0.39, 0.29) is 11.7 Å². The molecule has 1 unspecified atom stereocenters.